The molecule has 1 heterocycles. The minimum Gasteiger partial charge on any atom is -0.481 e. The summed E-state index contributed by atoms with van der Waals surface area (Å²) < 4.78 is 0. The van der Waals surface area contributed by atoms with Gasteiger partial charge in [-0.1, -0.05) is 48.1 Å². The number of likely N-dealkylation sites (tertiary alicyclic amines) is 1. The largest absolute Gasteiger partial charge is 0.481 e. The molecule has 184 valence electrons. The highest BCUT2D eigenvalue weighted by Gasteiger charge is 2.24. The van der Waals surface area contributed by atoms with Crippen molar-refractivity contribution in [2.75, 3.05) is 26.2 Å². The lowest BCUT2D eigenvalue weighted by atomic mass is 10.1. The summed E-state index contributed by atoms with van der Waals surface area (Å²) in [7, 11) is 0. The quantitative estimate of drug-likeness (QED) is 0.331. The summed E-state index contributed by atoms with van der Waals surface area (Å²) in [6, 6.07) is 6.36. The average molecular weight is 471 g/mol. The van der Waals surface area contributed by atoms with Crippen LogP contribution >= 0.6 is 0 Å². The Labute approximate surface area is 200 Å². The lowest BCUT2D eigenvalue weighted by Gasteiger charge is -2.22. The number of nitrogens with one attached hydrogen (secondary N) is 4. The van der Waals surface area contributed by atoms with Crippen LogP contribution in [0.25, 0.3) is 0 Å². The van der Waals surface area contributed by atoms with E-state index in [0.717, 1.165) is 54.9 Å². The molecule has 4 amide bonds. The Bertz CT molecular complexity index is 915. The number of imide groups is 1. The number of carbonyl (C=O) groups excluding carboxylic acids is 2. The van der Waals surface area contributed by atoms with Crippen LogP contribution < -0.4 is 21.7 Å². The van der Waals surface area contributed by atoms with Crippen LogP contribution in [0.2, 0.25) is 0 Å². The summed E-state index contributed by atoms with van der Waals surface area (Å²) in [4.78, 5) is 39.4. The van der Waals surface area contributed by atoms with E-state index in [0.29, 0.717) is 0 Å². The van der Waals surface area contributed by atoms with Crippen molar-refractivity contribution in [1.82, 2.24) is 31.5 Å². The molecule has 2 aliphatic rings. The molecule has 1 aromatic carbocycles. The van der Waals surface area contributed by atoms with Gasteiger partial charge in [0, 0.05) is 38.8 Å². The molecule has 1 aliphatic heterocycles. The van der Waals surface area contributed by atoms with Crippen LogP contribution in [0.3, 0.4) is 0 Å². The first-order valence-corrected chi connectivity index (χ1v) is 11.6. The third kappa shape index (κ3) is 8.29. The number of amides is 4. The molecule has 10 nitrogen and oxygen atoms in total. The number of carbonyl (C=O) groups is 3. The molecule has 1 aliphatic carbocycles. The van der Waals surface area contributed by atoms with Crippen molar-refractivity contribution in [1.29, 1.82) is 0 Å². The summed E-state index contributed by atoms with van der Waals surface area (Å²) >= 11 is 0. The SMILES string of the molecule is Cc1ccc(CNC(=O)N(CCC(=O)O)C(=O)NNNC2CCN(CC3=CCCC=C3)C2)cc1. The van der Waals surface area contributed by atoms with Crippen molar-refractivity contribution >= 4 is 18.0 Å². The number of carboxylic acids is 1. The van der Waals surface area contributed by atoms with Gasteiger partial charge in [0.2, 0.25) is 0 Å². The van der Waals surface area contributed by atoms with Gasteiger partial charge < -0.3 is 10.4 Å². The fourth-order valence-electron chi connectivity index (χ4n) is 3.88. The Morgan fingerprint density at radius 1 is 1.15 bits per heavy atom. The number of rotatable bonds is 10. The minimum absolute atomic E-state index is 0.135. The highest BCUT2D eigenvalue weighted by molar-refractivity contribution is 5.93. The van der Waals surface area contributed by atoms with E-state index in [2.05, 4.69) is 44.8 Å². The first kappa shape index (κ1) is 25.4. The molecule has 5 N–H and O–H groups in total. The lowest BCUT2D eigenvalue weighted by Crippen LogP contribution is -2.57. The molecule has 34 heavy (non-hydrogen) atoms. The second-order valence-electron chi connectivity index (χ2n) is 8.62. The molecule has 1 fully saturated rings. The van der Waals surface area contributed by atoms with Gasteiger partial charge in [0.05, 0.1) is 6.42 Å². The number of hydrogen-bond acceptors (Lipinski definition) is 6. The molecule has 10 heteroatoms. The Kier molecular flexibility index (Phi) is 9.62. The Balaban J connectivity index is 1.43. The van der Waals surface area contributed by atoms with Gasteiger partial charge in [0.1, 0.15) is 0 Å². The van der Waals surface area contributed by atoms with Crippen molar-refractivity contribution in [3.8, 4) is 0 Å². The van der Waals surface area contributed by atoms with Gasteiger partial charge in [0.15, 0.2) is 0 Å². The number of hydrazine groups is 2. The molecule has 1 aromatic rings. The Morgan fingerprint density at radius 2 is 1.94 bits per heavy atom. The van der Waals surface area contributed by atoms with Crippen molar-refractivity contribution in [3.05, 3.63) is 59.2 Å². The average Bonchev–Trinajstić information content (AvgIpc) is 3.26. The standard InChI is InChI=1S/C24H34N6O4/c1-18-7-9-19(10-8-18)15-25-23(33)30(14-12-22(31)32)24(34)27-28-26-21-11-13-29(17-21)16-20-5-3-2-4-6-20/h3,5-10,21,26,28H,2,4,11-17H2,1H3,(H,25,33)(H,27,34)(H,31,32). The van der Waals surface area contributed by atoms with E-state index in [4.69, 9.17) is 5.11 Å². The number of urea groups is 2. The first-order valence-electron chi connectivity index (χ1n) is 11.6. The summed E-state index contributed by atoms with van der Waals surface area (Å²) in [5, 5.41) is 11.7. The predicted molar refractivity (Wildman–Crippen MR) is 128 cm³/mol. The number of aryl methyl sites for hydroxylation is 1. The van der Waals surface area contributed by atoms with E-state index in [1.807, 2.05) is 31.2 Å². The summed E-state index contributed by atoms with van der Waals surface area (Å²) in [6.45, 7) is 4.63. The van der Waals surface area contributed by atoms with E-state index in [1.165, 1.54) is 5.57 Å². The van der Waals surface area contributed by atoms with Crippen molar-refractivity contribution < 1.29 is 19.5 Å². The van der Waals surface area contributed by atoms with Gasteiger partial charge in [-0.15, -0.1) is 0 Å². The fourth-order valence-corrected chi connectivity index (χ4v) is 3.88. The van der Waals surface area contributed by atoms with Gasteiger partial charge in [-0.3, -0.25) is 15.1 Å². The van der Waals surface area contributed by atoms with E-state index in [1.54, 1.807) is 0 Å². The van der Waals surface area contributed by atoms with Crippen molar-refractivity contribution in [2.24, 2.45) is 0 Å². The third-order valence-electron chi connectivity index (χ3n) is 5.80. The van der Waals surface area contributed by atoms with Crippen molar-refractivity contribution in [2.45, 2.75) is 45.2 Å². The van der Waals surface area contributed by atoms with Crippen LogP contribution in [0, 0.1) is 6.92 Å². The molecule has 1 saturated heterocycles. The Hall–Kier alpha value is -3.21. The first-order chi connectivity index (χ1) is 16.4. The number of benzene rings is 1. The maximum Gasteiger partial charge on any atom is 0.340 e. The molecule has 1 atom stereocenters. The molecule has 0 aromatic heterocycles. The second kappa shape index (κ2) is 12.9. The van der Waals surface area contributed by atoms with Crippen LogP contribution in [0.15, 0.2) is 48.1 Å². The molecule has 0 saturated carbocycles. The second-order valence-corrected chi connectivity index (χ2v) is 8.62. The van der Waals surface area contributed by atoms with E-state index in [-0.39, 0.29) is 25.6 Å². The predicted octanol–water partition coefficient (Wildman–Crippen LogP) is 2.05. The van der Waals surface area contributed by atoms with Gasteiger partial charge in [-0.2, -0.15) is 5.53 Å². The summed E-state index contributed by atoms with van der Waals surface area (Å²) in [5.41, 5.74) is 11.5. The third-order valence-corrected chi connectivity index (χ3v) is 5.80. The van der Waals surface area contributed by atoms with E-state index < -0.39 is 18.0 Å². The molecular weight excluding hydrogens is 436 g/mol. The topological polar surface area (TPSA) is 126 Å². The van der Waals surface area contributed by atoms with Gasteiger partial charge >= 0.3 is 18.0 Å². The van der Waals surface area contributed by atoms with Crippen LogP contribution in [0.1, 0.15) is 36.8 Å². The molecule has 1 unspecified atom stereocenters. The van der Waals surface area contributed by atoms with Gasteiger partial charge in [0.25, 0.3) is 0 Å². The van der Waals surface area contributed by atoms with E-state index in [9.17, 15) is 14.4 Å². The zero-order chi connectivity index (χ0) is 24.3. The zero-order valence-corrected chi connectivity index (χ0v) is 19.5. The summed E-state index contributed by atoms with van der Waals surface area (Å²) in [6.07, 6.45) is 9.41. The fraction of sp³-hybridized carbons (Fsp3) is 0.458. The lowest BCUT2D eigenvalue weighted by molar-refractivity contribution is -0.137. The van der Waals surface area contributed by atoms with E-state index >= 15 is 0 Å². The molecule has 3 rings (SSSR count). The maximum atomic E-state index is 12.6. The number of nitrogens with zero attached hydrogens (tertiary/aromatic N) is 2. The summed E-state index contributed by atoms with van der Waals surface area (Å²) in [5.74, 6) is -1.09. The maximum absolute atomic E-state index is 12.6. The molecule has 0 bridgehead atoms. The van der Waals surface area contributed by atoms with Crippen LogP contribution in [0.5, 0.6) is 0 Å². The van der Waals surface area contributed by atoms with Gasteiger partial charge in [-0.05, 0) is 37.3 Å². The monoisotopic (exact) mass is 470 g/mol. The van der Waals surface area contributed by atoms with Crippen LogP contribution in [-0.4, -0.2) is 65.2 Å². The number of carboxylic acid groups (broad SMARTS) is 1. The number of aliphatic carboxylic acids is 1. The smallest absolute Gasteiger partial charge is 0.340 e. The van der Waals surface area contributed by atoms with Crippen LogP contribution in [-0.2, 0) is 11.3 Å². The van der Waals surface area contributed by atoms with Crippen LogP contribution in [0.4, 0.5) is 9.59 Å². The zero-order valence-electron chi connectivity index (χ0n) is 19.5. The number of allylic oxidation sites excluding steroid dienone is 2. The normalized spacial score (nSPS) is 17.8. The van der Waals surface area contributed by atoms with Crippen molar-refractivity contribution in [3.63, 3.8) is 0 Å². The minimum atomic E-state index is -1.09. The van der Waals surface area contributed by atoms with Gasteiger partial charge in [-0.25, -0.2) is 19.9 Å². The molecule has 0 spiro atoms. The Morgan fingerprint density at radius 3 is 2.65 bits per heavy atom. The number of hydrogen-bond donors (Lipinski definition) is 5. The highest BCUT2D eigenvalue weighted by Crippen LogP contribution is 2.15. The molecular formula is C24H34N6O4. The highest BCUT2D eigenvalue weighted by atomic mass is 16.4. The molecule has 0 radical (unpaired) electrons.